The lowest BCUT2D eigenvalue weighted by atomic mass is 9.74. The van der Waals surface area contributed by atoms with E-state index in [9.17, 15) is 4.79 Å². The lowest BCUT2D eigenvalue weighted by molar-refractivity contribution is -0.142. The molecule has 0 radical (unpaired) electrons. The second-order valence-corrected chi connectivity index (χ2v) is 5.64. The van der Waals surface area contributed by atoms with Crippen molar-refractivity contribution in [3.05, 3.63) is 0 Å². The number of Topliss-reactive ketones (excluding diaryl/α,β-unsaturated/α-hetero) is 1. The fourth-order valence-electron chi connectivity index (χ4n) is 3.33. The number of hydrogen-bond acceptors (Lipinski definition) is 3. The van der Waals surface area contributed by atoms with Gasteiger partial charge in [-0.05, 0) is 38.6 Å². The zero-order valence-corrected chi connectivity index (χ0v) is 10.7. The number of carbonyl (C=O) groups is 1. The summed E-state index contributed by atoms with van der Waals surface area (Å²) in [6, 6.07) is 0. The van der Waals surface area contributed by atoms with E-state index in [1.165, 1.54) is 19.3 Å². The molecule has 1 atom stereocenters. The van der Waals surface area contributed by atoms with Crippen LogP contribution in [0.15, 0.2) is 0 Å². The molecular formula is C14H25NO2. The van der Waals surface area contributed by atoms with Gasteiger partial charge in [0.15, 0.2) is 0 Å². The molecule has 1 saturated carbocycles. The Kier molecular flexibility index (Phi) is 4.57. The maximum Gasteiger partial charge on any atom is 0.136 e. The van der Waals surface area contributed by atoms with Crippen molar-refractivity contribution in [2.45, 2.75) is 63.4 Å². The maximum atomic E-state index is 12.1. The Morgan fingerprint density at radius 3 is 2.76 bits per heavy atom. The van der Waals surface area contributed by atoms with Gasteiger partial charge in [0.2, 0.25) is 0 Å². The molecule has 17 heavy (non-hydrogen) atoms. The molecule has 3 heteroatoms. The Bertz CT molecular complexity index is 253. The summed E-state index contributed by atoms with van der Waals surface area (Å²) in [6.45, 7) is 1.40. The largest absolute Gasteiger partial charge is 0.375 e. The van der Waals surface area contributed by atoms with Crippen molar-refractivity contribution in [1.82, 2.24) is 0 Å². The third-order valence-corrected chi connectivity index (χ3v) is 4.34. The van der Waals surface area contributed by atoms with Crippen LogP contribution in [0.25, 0.3) is 0 Å². The normalized spacial score (nSPS) is 28.2. The van der Waals surface area contributed by atoms with Gasteiger partial charge in [-0.2, -0.15) is 0 Å². The van der Waals surface area contributed by atoms with Crippen LogP contribution in [0.3, 0.4) is 0 Å². The van der Waals surface area contributed by atoms with Crippen molar-refractivity contribution in [1.29, 1.82) is 0 Å². The number of ether oxygens (including phenoxy) is 1. The molecule has 1 aliphatic heterocycles. The van der Waals surface area contributed by atoms with Crippen LogP contribution < -0.4 is 5.73 Å². The molecule has 1 saturated heterocycles. The van der Waals surface area contributed by atoms with Crippen LogP contribution in [-0.2, 0) is 9.53 Å². The van der Waals surface area contributed by atoms with Crippen LogP contribution in [0, 0.1) is 5.92 Å². The summed E-state index contributed by atoms with van der Waals surface area (Å²) in [4.78, 5) is 12.1. The number of ketones is 1. The van der Waals surface area contributed by atoms with E-state index in [0.29, 0.717) is 18.7 Å². The van der Waals surface area contributed by atoms with Crippen molar-refractivity contribution < 1.29 is 9.53 Å². The van der Waals surface area contributed by atoms with E-state index in [4.69, 9.17) is 10.5 Å². The molecule has 98 valence electrons. The van der Waals surface area contributed by atoms with Gasteiger partial charge >= 0.3 is 0 Å². The summed E-state index contributed by atoms with van der Waals surface area (Å²) in [5.74, 6) is 0.664. The van der Waals surface area contributed by atoms with Crippen molar-refractivity contribution in [2.24, 2.45) is 11.7 Å². The smallest absolute Gasteiger partial charge is 0.136 e. The van der Waals surface area contributed by atoms with Gasteiger partial charge < -0.3 is 10.5 Å². The van der Waals surface area contributed by atoms with Crippen molar-refractivity contribution >= 4 is 5.78 Å². The van der Waals surface area contributed by atoms with E-state index < -0.39 is 0 Å². The number of carbonyl (C=O) groups excluding carboxylic acids is 1. The lowest BCUT2D eigenvalue weighted by Gasteiger charge is -2.43. The molecule has 3 nitrogen and oxygen atoms in total. The predicted molar refractivity (Wildman–Crippen MR) is 67.8 cm³/mol. The van der Waals surface area contributed by atoms with Crippen LogP contribution in [0.1, 0.15) is 57.8 Å². The van der Waals surface area contributed by atoms with Gasteiger partial charge in [-0.15, -0.1) is 0 Å². The van der Waals surface area contributed by atoms with Crippen LogP contribution in [0.5, 0.6) is 0 Å². The molecule has 0 amide bonds. The van der Waals surface area contributed by atoms with Crippen LogP contribution >= 0.6 is 0 Å². The zero-order valence-electron chi connectivity index (χ0n) is 10.7. The summed E-state index contributed by atoms with van der Waals surface area (Å²) in [6.07, 6.45) is 9.58. The highest BCUT2D eigenvalue weighted by molar-refractivity contribution is 5.81. The Morgan fingerprint density at radius 1 is 1.29 bits per heavy atom. The number of hydrogen-bond donors (Lipinski definition) is 1. The van der Waals surface area contributed by atoms with Crippen LogP contribution in [0.2, 0.25) is 0 Å². The Labute approximate surface area is 104 Å². The van der Waals surface area contributed by atoms with E-state index in [2.05, 4.69) is 0 Å². The minimum atomic E-state index is 0.0551. The van der Waals surface area contributed by atoms with Gasteiger partial charge in [-0.1, -0.05) is 19.3 Å². The molecule has 0 aromatic rings. The first kappa shape index (κ1) is 13.0. The highest BCUT2D eigenvalue weighted by Crippen LogP contribution is 2.41. The zero-order chi connectivity index (χ0) is 12.1. The highest BCUT2D eigenvalue weighted by atomic mass is 16.5. The SMILES string of the molecule is NCCCC(=O)C1CCOC2(CCCCC2)C1. The standard InChI is InChI=1S/C14H25NO2/c15-9-4-5-13(16)12-6-10-17-14(11-12)7-2-1-3-8-14/h12H,1-11,15H2. The van der Waals surface area contributed by atoms with E-state index in [1.54, 1.807) is 0 Å². The second kappa shape index (κ2) is 5.96. The fraction of sp³-hybridized carbons (Fsp3) is 0.929. The summed E-state index contributed by atoms with van der Waals surface area (Å²) in [5, 5.41) is 0. The molecule has 2 fully saturated rings. The average molecular weight is 239 g/mol. The van der Waals surface area contributed by atoms with Gasteiger partial charge in [0.25, 0.3) is 0 Å². The molecule has 2 aliphatic rings. The Morgan fingerprint density at radius 2 is 2.06 bits per heavy atom. The molecule has 0 bridgehead atoms. The molecule has 1 aliphatic carbocycles. The van der Waals surface area contributed by atoms with Gasteiger partial charge in [0.1, 0.15) is 5.78 Å². The van der Waals surface area contributed by atoms with Crippen molar-refractivity contribution in [2.75, 3.05) is 13.2 Å². The van der Waals surface area contributed by atoms with Crippen molar-refractivity contribution in [3.63, 3.8) is 0 Å². The van der Waals surface area contributed by atoms with Gasteiger partial charge in [0, 0.05) is 18.9 Å². The van der Waals surface area contributed by atoms with Gasteiger partial charge in [-0.25, -0.2) is 0 Å². The molecular weight excluding hydrogens is 214 g/mol. The van der Waals surface area contributed by atoms with Crippen molar-refractivity contribution in [3.8, 4) is 0 Å². The Balaban J connectivity index is 1.89. The summed E-state index contributed by atoms with van der Waals surface area (Å²) in [5.41, 5.74) is 5.52. The first-order chi connectivity index (χ1) is 8.26. The Hall–Kier alpha value is -0.410. The van der Waals surface area contributed by atoms with E-state index in [0.717, 1.165) is 38.7 Å². The topological polar surface area (TPSA) is 52.3 Å². The minimum Gasteiger partial charge on any atom is -0.375 e. The fourth-order valence-corrected chi connectivity index (χ4v) is 3.33. The van der Waals surface area contributed by atoms with Crippen LogP contribution in [0.4, 0.5) is 0 Å². The molecule has 0 aromatic carbocycles. The third kappa shape index (κ3) is 3.29. The van der Waals surface area contributed by atoms with E-state index in [1.807, 2.05) is 0 Å². The predicted octanol–water partition coefficient (Wildman–Crippen LogP) is 2.42. The number of nitrogens with two attached hydrogens (primary N) is 1. The molecule has 1 spiro atoms. The third-order valence-electron chi connectivity index (χ3n) is 4.34. The van der Waals surface area contributed by atoms with E-state index in [-0.39, 0.29) is 11.5 Å². The van der Waals surface area contributed by atoms with Gasteiger partial charge in [0.05, 0.1) is 5.60 Å². The summed E-state index contributed by atoms with van der Waals surface area (Å²) in [7, 11) is 0. The molecule has 1 heterocycles. The molecule has 1 unspecified atom stereocenters. The van der Waals surface area contributed by atoms with Gasteiger partial charge in [-0.3, -0.25) is 4.79 Å². The second-order valence-electron chi connectivity index (χ2n) is 5.64. The molecule has 2 rings (SSSR count). The maximum absolute atomic E-state index is 12.1. The van der Waals surface area contributed by atoms with Crippen LogP contribution in [-0.4, -0.2) is 24.5 Å². The first-order valence-corrected chi connectivity index (χ1v) is 7.12. The average Bonchev–Trinajstić information content (AvgIpc) is 2.37. The minimum absolute atomic E-state index is 0.0551. The lowest BCUT2D eigenvalue weighted by Crippen LogP contribution is -2.43. The monoisotopic (exact) mass is 239 g/mol. The molecule has 2 N–H and O–H groups in total. The quantitative estimate of drug-likeness (QED) is 0.819. The summed E-state index contributed by atoms with van der Waals surface area (Å²) >= 11 is 0. The van der Waals surface area contributed by atoms with E-state index >= 15 is 0 Å². The highest BCUT2D eigenvalue weighted by Gasteiger charge is 2.40. The molecule has 0 aromatic heterocycles. The number of rotatable bonds is 4. The first-order valence-electron chi connectivity index (χ1n) is 7.12. The summed E-state index contributed by atoms with van der Waals surface area (Å²) < 4.78 is 6.01.